The van der Waals surface area contributed by atoms with Crippen LogP contribution in [0.3, 0.4) is 0 Å². The van der Waals surface area contributed by atoms with Crippen LogP contribution < -0.4 is 5.32 Å². The van der Waals surface area contributed by atoms with Gasteiger partial charge in [0.25, 0.3) is 0 Å². The Morgan fingerprint density at radius 2 is 2.00 bits per heavy atom. The van der Waals surface area contributed by atoms with Gasteiger partial charge in [0.2, 0.25) is 5.91 Å². The van der Waals surface area contributed by atoms with Gasteiger partial charge >= 0.3 is 0 Å². The quantitative estimate of drug-likeness (QED) is 0.890. The molecule has 0 radical (unpaired) electrons. The molecule has 2 aliphatic rings. The highest BCUT2D eigenvalue weighted by Crippen LogP contribution is 2.33. The molecule has 25 heavy (non-hydrogen) atoms. The molecule has 2 aliphatic heterocycles. The van der Waals surface area contributed by atoms with E-state index in [1.165, 1.54) is 12.1 Å². The van der Waals surface area contributed by atoms with E-state index < -0.39 is 0 Å². The minimum atomic E-state index is -0.237. The minimum absolute atomic E-state index is 0.0996. The summed E-state index contributed by atoms with van der Waals surface area (Å²) in [6.45, 7) is 8.19. The maximum absolute atomic E-state index is 13.2. The molecule has 4 nitrogen and oxygen atoms in total. The number of ether oxygens (including phenoxy) is 1. The molecule has 2 saturated heterocycles. The van der Waals surface area contributed by atoms with Crippen LogP contribution in [0.1, 0.15) is 38.7 Å². The van der Waals surface area contributed by atoms with Gasteiger partial charge in [-0.05, 0) is 63.9 Å². The fraction of sp³-hybridized carbons (Fsp3) is 0.650. The summed E-state index contributed by atoms with van der Waals surface area (Å²) < 4.78 is 18.9. The molecular formula is C20H29FN2O2. The lowest BCUT2D eigenvalue weighted by Crippen LogP contribution is -2.46. The van der Waals surface area contributed by atoms with Gasteiger partial charge in [0.15, 0.2) is 0 Å². The van der Waals surface area contributed by atoms with Gasteiger partial charge in [-0.3, -0.25) is 4.79 Å². The van der Waals surface area contributed by atoms with Crippen molar-refractivity contribution < 1.29 is 13.9 Å². The van der Waals surface area contributed by atoms with E-state index in [9.17, 15) is 9.18 Å². The Bertz CT molecular complexity index is 574. The number of halogens is 1. The Balaban J connectivity index is 1.59. The van der Waals surface area contributed by atoms with Gasteiger partial charge in [-0.2, -0.15) is 0 Å². The first kappa shape index (κ1) is 18.3. The zero-order valence-electron chi connectivity index (χ0n) is 15.3. The third-order valence-electron chi connectivity index (χ3n) is 5.79. The summed E-state index contributed by atoms with van der Waals surface area (Å²) in [5, 5.41) is 3.16. The van der Waals surface area contributed by atoms with Crippen LogP contribution in [-0.2, 0) is 14.9 Å². The largest absolute Gasteiger partial charge is 0.380 e. The second kappa shape index (κ2) is 7.83. The van der Waals surface area contributed by atoms with Crippen molar-refractivity contribution in [3.05, 3.63) is 35.6 Å². The molecule has 138 valence electrons. The Morgan fingerprint density at radius 3 is 2.56 bits per heavy atom. The van der Waals surface area contributed by atoms with Gasteiger partial charge in [-0.1, -0.05) is 12.1 Å². The van der Waals surface area contributed by atoms with Crippen LogP contribution in [0.5, 0.6) is 0 Å². The Kier molecular flexibility index (Phi) is 5.74. The molecule has 0 bridgehead atoms. The number of likely N-dealkylation sites (tertiary alicyclic amines) is 1. The van der Waals surface area contributed by atoms with Gasteiger partial charge in [-0.15, -0.1) is 0 Å². The molecule has 0 unspecified atom stereocenters. The van der Waals surface area contributed by atoms with Gasteiger partial charge in [0.1, 0.15) is 5.82 Å². The molecule has 2 fully saturated rings. The lowest BCUT2D eigenvalue weighted by Gasteiger charge is -2.35. The molecular weight excluding hydrogens is 319 g/mol. The van der Waals surface area contributed by atoms with Crippen LogP contribution in [-0.4, -0.2) is 49.7 Å². The molecule has 1 amide bonds. The van der Waals surface area contributed by atoms with Crippen LogP contribution in [0.4, 0.5) is 4.39 Å². The highest BCUT2D eigenvalue weighted by Gasteiger charge is 2.38. The topological polar surface area (TPSA) is 41.6 Å². The van der Waals surface area contributed by atoms with E-state index in [-0.39, 0.29) is 23.1 Å². The summed E-state index contributed by atoms with van der Waals surface area (Å²) in [6.07, 6.45) is 2.69. The van der Waals surface area contributed by atoms with E-state index in [0.717, 1.165) is 37.9 Å². The summed E-state index contributed by atoms with van der Waals surface area (Å²) in [6, 6.07) is 7.15. The van der Waals surface area contributed by atoms with Gasteiger partial charge in [0.05, 0.1) is 6.61 Å². The number of amides is 1. The number of nitrogens with one attached hydrogen (secondary N) is 1. The van der Waals surface area contributed by atoms with Crippen LogP contribution >= 0.6 is 0 Å². The summed E-state index contributed by atoms with van der Waals surface area (Å²) in [5.41, 5.74) is 0.809. The number of nitrogens with zero attached hydrogens (tertiary/aromatic N) is 1. The molecule has 0 spiro atoms. The van der Waals surface area contributed by atoms with Gasteiger partial charge in [-0.25, -0.2) is 4.39 Å². The summed E-state index contributed by atoms with van der Waals surface area (Å²) in [4.78, 5) is 15.1. The van der Waals surface area contributed by atoms with Crippen LogP contribution in [0, 0.1) is 11.7 Å². The van der Waals surface area contributed by atoms with Crippen molar-refractivity contribution in [3.8, 4) is 0 Å². The number of rotatable bonds is 5. The molecule has 1 aromatic rings. The lowest BCUT2D eigenvalue weighted by atomic mass is 9.79. The average molecular weight is 348 g/mol. The molecule has 5 heteroatoms. The Labute approximate surface area is 149 Å². The van der Waals surface area contributed by atoms with Crippen molar-refractivity contribution in [3.63, 3.8) is 0 Å². The van der Waals surface area contributed by atoms with Crippen LogP contribution in [0.15, 0.2) is 24.3 Å². The average Bonchev–Trinajstić information content (AvgIpc) is 3.10. The van der Waals surface area contributed by atoms with E-state index in [4.69, 9.17) is 4.74 Å². The van der Waals surface area contributed by atoms with E-state index in [2.05, 4.69) is 24.1 Å². The predicted octanol–water partition coefficient (Wildman–Crippen LogP) is 2.72. The van der Waals surface area contributed by atoms with Crippen molar-refractivity contribution >= 4 is 5.91 Å². The fourth-order valence-electron chi connectivity index (χ4n) is 3.96. The van der Waals surface area contributed by atoms with Gasteiger partial charge < -0.3 is 15.0 Å². The number of carbonyl (C=O) groups excluding carboxylic acids is 1. The molecule has 2 heterocycles. The Hall–Kier alpha value is -1.46. The zero-order valence-corrected chi connectivity index (χ0v) is 15.3. The van der Waals surface area contributed by atoms with Crippen molar-refractivity contribution in [1.82, 2.24) is 10.2 Å². The number of hydrogen-bond acceptors (Lipinski definition) is 3. The van der Waals surface area contributed by atoms with E-state index in [1.807, 2.05) is 12.1 Å². The van der Waals surface area contributed by atoms with E-state index in [0.29, 0.717) is 25.8 Å². The molecule has 0 saturated carbocycles. The molecule has 3 rings (SSSR count). The molecule has 0 aromatic heterocycles. The zero-order chi connectivity index (χ0) is 17.9. The fourth-order valence-corrected chi connectivity index (χ4v) is 3.96. The van der Waals surface area contributed by atoms with Crippen LogP contribution in [0.25, 0.3) is 0 Å². The third kappa shape index (κ3) is 4.21. The normalized spacial score (nSPS) is 25.4. The lowest BCUT2D eigenvalue weighted by molar-refractivity contribution is -0.126. The third-order valence-corrected chi connectivity index (χ3v) is 5.79. The molecule has 1 aromatic carbocycles. The van der Waals surface area contributed by atoms with E-state index in [1.54, 1.807) is 0 Å². The van der Waals surface area contributed by atoms with Gasteiger partial charge in [0, 0.05) is 30.5 Å². The first-order valence-corrected chi connectivity index (χ1v) is 9.36. The summed E-state index contributed by atoms with van der Waals surface area (Å²) in [7, 11) is 0. The number of benzene rings is 1. The summed E-state index contributed by atoms with van der Waals surface area (Å²) in [5.74, 6) is 0.0122. The highest BCUT2D eigenvalue weighted by atomic mass is 19.1. The summed E-state index contributed by atoms with van der Waals surface area (Å²) >= 11 is 0. The highest BCUT2D eigenvalue weighted by molar-refractivity contribution is 5.78. The van der Waals surface area contributed by atoms with Crippen molar-refractivity contribution in [2.75, 3.05) is 32.8 Å². The van der Waals surface area contributed by atoms with Crippen molar-refractivity contribution in [2.24, 2.45) is 5.92 Å². The van der Waals surface area contributed by atoms with Crippen molar-refractivity contribution in [1.29, 1.82) is 0 Å². The maximum atomic E-state index is 13.2. The van der Waals surface area contributed by atoms with Crippen LogP contribution in [0.2, 0.25) is 0 Å². The first-order chi connectivity index (χ1) is 12.0. The second-order valence-corrected chi connectivity index (χ2v) is 7.71. The monoisotopic (exact) mass is 348 g/mol. The predicted molar refractivity (Wildman–Crippen MR) is 96.0 cm³/mol. The minimum Gasteiger partial charge on any atom is -0.380 e. The van der Waals surface area contributed by atoms with E-state index >= 15 is 0 Å². The molecule has 1 atom stereocenters. The number of piperidine rings is 1. The number of hydrogen-bond donors (Lipinski definition) is 1. The first-order valence-electron chi connectivity index (χ1n) is 9.36. The smallest absolute Gasteiger partial charge is 0.223 e. The molecule has 1 N–H and O–H groups in total. The Morgan fingerprint density at radius 1 is 1.32 bits per heavy atom. The number of carbonyl (C=O) groups is 1. The molecule has 0 aliphatic carbocycles. The maximum Gasteiger partial charge on any atom is 0.223 e. The van der Waals surface area contributed by atoms with Crippen molar-refractivity contribution in [2.45, 2.75) is 44.6 Å². The SMILES string of the molecule is CC(C)N1CCC(C(=O)NC[C@]2(c3ccc(F)cc3)CCOC2)CC1. The standard InChI is InChI=1S/C20H29FN2O2/c1-15(2)23-10-7-16(8-11-23)19(24)22-13-20(9-12-25-14-20)17-3-5-18(21)6-4-17/h3-6,15-16H,7-14H2,1-2H3,(H,22,24)/t20-/m1/s1. The second-order valence-electron chi connectivity index (χ2n) is 7.71.